The highest BCUT2D eigenvalue weighted by Gasteiger charge is 2.17. The number of carbonyl (C=O) groups is 1. The highest BCUT2D eigenvalue weighted by Crippen LogP contribution is 2.34. The van der Waals surface area contributed by atoms with Crippen molar-refractivity contribution in [1.29, 1.82) is 0 Å². The van der Waals surface area contributed by atoms with Gasteiger partial charge in [-0.3, -0.25) is 4.68 Å². The third-order valence-electron chi connectivity index (χ3n) is 4.50. The average molecular weight is 429 g/mol. The lowest BCUT2D eigenvalue weighted by atomic mass is 10.1. The van der Waals surface area contributed by atoms with Crippen LogP contribution in [0.4, 0.5) is 25.0 Å². The molecule has 0 spiro atoms. The van der Waals surface area contributed by atoms with Crippen molar-refractivity contribution in [3.63, 3.8) is 0 Å². The highest BCUT2D eigenvalue weighted by atomic mass is 19.1. The molecule has 0 unspecified atom stereocenters. The predicted octanol–water partition coefficient (Wildman–Crippen LogP) is 4.34. The fraction of sp³-hybridized carbons (Fsp3) is 0.273. The second kappa shape index (κ2) is 10.0. The van der Waals surface area contributed by atoms with Crippen LogP contribution >= 0.6 is 0 Å². The van der Waals surface area contributed by atoms with Crippen molar-refractivity contribution in [1.82, 2.24) is 14.7 Å². The van der Waals surface area contributed by atoms with Gasteiger partial charge < -0.3 is 20.3 Å². The second-order valence-electron chi connectivity index (χ2n) is 7.27. The molecule has 1 aromatic heterocycles. The minimum absolute atomic E-state index is 0.255. The SMILES string of the molecule is CN(C)CCCOc1ccc(NC(=O)Nc2ccc(F)cc2)cc1-c1c(F)cnn1C. The number of aryl methyl sites for hydroxylation is 1. The number of rotatable bonds is 8. The van der Waals surface area contributed by atoms with Gasteiger partial charge in [-0.2, -0.15) is 5.10 Å². The van der Waals surface area contributed by atoms with Gasteiger partial charge in [-0.15, -0.1) is 0 Å². The topological polar surface area (TPSA) is 71.4 Å². The lowest BCUT2D eigenvalue weighted by Gasteiger charge is -2.15. The molecule has 3 rings (SSSR count). The van der Waals surface area contributed by atoms with E-state index in [1.165, 1.54) is 28.9 Å². The number of carbonyl (C=O) groups excluding carboxylic acids is 1. The number of benzene rings is 2. The molecule has 9 heteroatoms. The summed E-state index contributed by atoms with van der Waals surface area (Å²) in [6.07, 6.45) is 1.94. The lowest BCUT2D eigenvalue weighted by molar-refractivity contribution is 0.262. The van der Waals surface area contributed by atoms with Crippen LogP contribution < -0.4 is 15.4 Å². The number of hydrogen-bond donors (Lipinski definition) is 2. The zero-order chi connectivity index (χ0) is 22.4. The smallest absolute Gasteiger partial charge is 0.323 e. The molecule has 0 aliphatic rings. The van der Waals surface area contributed by atoms with Crippen LogP contribution in [0.3, 0.4) is 0 Å². The second-order valence-corrected chi connectivity index (χ2v) is 7.27. The number of aromatic nitrogens is 2. The normalized spacial score (nSPS) is 10.9. The summed E-state index contributed by atoms with van der Waals surface area (Å²) in [7, 11) is 5.59. The number of hydrogen-bond acceptors (Lipinski definition) is 4. The quantitative estimate of drug-likeness (QED) is 0.523. The van der Waals surface area contributed by atoms with Crippen LogP contribution in [-0.2, 0) is 7.05 Å². The Morgan fingerprint density at radius 3 is 2.42 bits per heavy atom. The first-order valence-corrected chi connectivity index (χ1v) is 9.76. The van der Waals surface area contributed by atoms with Crippen molar-refractivity contribution >= 4 is 17.4 Å². The maximum Gasteiger partial charge on any atom is 0.323 e. The van der Waals surface area contributed by atoms with E-state index in [1.807, 2.05) is 14.1 Å². The fourth-order valence-corrected chi connectivity index (χ4v) is 3.02. The summed E-state index contributed by atoms with van der Waals surface area (Å²) < 4.78 is 34.7. The molecule has 1 heterocycles. The van der Waals surface area contributed by atoms with Gasteiger partial charge in [0, 0.05) is 30.5 Å². The molecule has 0 atom stereocenters. The van der Waals surface area contributed by atoms with Crippen molar-refractivity contribution in [2.45, 2.75) is 6.42 Å². The monoisotopic (exact) mass is 429 g/mol. The maximum absolute atomic E-state index is 14.4. The molecule has 2 N–H and O–H groups in total. The number of halogens is 2. The first kappa shape index (κ1) is 22.2. The lowest BCUT2D eigenvalue weighted by Crippen LogP contribution is -2.19. The summed E-state index contributed by atoms with van der Waals surface area (Å²) in [5.74, 6) is -0.394. The van der Waals surface area contributed by atoms with Gasteiger partial charge in [0.05, 0.1) is 12.8 Å². The first-order chi connectivity index (χ1) is 14.8. The number of urea groups is 1. The van der Waals surface area contributed by atoms with Crippen LogP contribution in [0, 0.1) is 11.6 Å². The first-order valence-electron chi connectivity index (χ1n) is 9.76. The number of nitrogens with zero attached hydrogens (tertiary/aromatic N) is 3. The molecule has 2 aromatic carbocycles. The van der Waals surface area contributed by atoms with Gasteiger partial charge in [0.25, 0.3) is 0 Å². The van der Waals surface area contributed by atoms with Crippen molar-refractivity contribution in [3.8, 4) is 17.0 Å². The van der Waals surface area contributed by atoms with E-state index in [1.54, 1.807) is 25.2 Å². The minimum atomic E-state index is -0.511. The molecule has 0 radical (unpaired) electrons. The van der Waals surface area contributed by atoms with E-state index >= 15 is 0 Å². The van der Waals surface area contributed by atoms with Crippen LogP contribution in [0.1, 0.15) is 6.42 Å². The largest absolute Gasteiger partial charge is 0.493 e. The Hall–Kier alpha value is -3.46. The Labute approximate surface area is 179 Å². The predicted molar refractivity (Wildman–Crippen MR) is 116 cm³/mol. The summed E-state index contributed by atoms with van der Waals surface area (Å²) in [5.41, 5.74) is 1.61. The maximum atomic E-state index is 14.4. The van der Waals surface area contributed by atoms with Crippen LogP contribution in [0.2, 0.25) is 0 Å². The number of anilines is 2. The van der Waals surface area contributed by atoms with Gasteiger partial charge in [0.2, 0.25) is 0 Å². The van der Waals surface area contributed by atoms with Gasteiger partial charge in [-0.1, -0.05) is 0 Å². The van der Waals surface area contributed by atoms with Crippen LogP contribution in [-0.4, -0.2) is 48.0 Å². The molecular formula is C22H25F2N5O2. The van der Waals surface area contributed by atoms with E-state index in [2.05, 4.69) is 20.6 Å². The molecule has 0 aliphatic heterocycles. The third kappa shape index (κ3) is 6.02. The Kier molecular flexibility index (Phi) is 7.19. The van der Waals surface area contributed by atoms with Crippen molar-refractivity contribution in [2.75, 3.05) is 37.9 Å². The summed E-state index contributed by atoms with van der Waals surface area (Å²) in [6.45, 7) is 1.32. The van der Waals surface area contributed by atoms with Crippen LogP contribution in [0.15, 0.2) is 48.7 Å². The summed E-state index contributed by atoms with van der Waals surface area (Å²) >= 11 is 0. The van der Waals surface area contributed by atoms with Crippen molar-refractivity contribution < 1.29 is 18.3 Å². The minimum Gasteiger partial charge on any atom is -0.493 e. The molecule has 0 saturated heterocycles. The van der Waals surface area contributed by atoms with Crippen molar-refractivity contribution in [3.05, 3.63) is 60.3 Å². The van der Waals surface area contributed by atoms with E-state index in [4.69, 9.17) is 4.74 Å². The molecule has 3 aromatic rings. The van der Waals surface area contributed by atoms with E-state index in [0.29, 0.717) is 29.3 Å². The summed E-state index contributed by atoms with van der Waals surface area (Å²) in [6, 6.07) is 9.89. The Morgan fingerprint density at radius 1 is 1.10 bits per heavy atom. The Morgan fingerprint density at radius 2 is 1.77 bits per heavy atom. The van der Waals surface area contributed by atoms with Gasteiger partial charge in [0.15, 0.2) is 5.82 Å². The molecule has 0 fully saturated rings. The van der Waals surface area contributed by atoms with Gasteiger partial charge in [0.1, 0.15) is 17.3 Å². The molecule has 31 heavy (non-hydrogen) atoms. The molecule has 0 aliphatic carbocycles. The van der Waals surface area contributed by atoms with Crippen LogP contribution in [0.5, 0.6) is 5.75 Å². The summed E-state index contributed by atoms with van der Waals surface area (Å²) in [4.78, 5) is 14.4. The van der Waals surface area contributed by atoms with Crippen molar-refractivity contribution in [2.24, 2.45) is 7.05 Å². The zero-order valence-electron chi connectivity index (χ0n) is 17.7. The van der Waals surface area contributed by atoms with Crippen LogP contribution in [0.25, 0.3) is 11.3 Å². The van der Waals surface area contributed by atoms with Gasteiger partial charge in [-0.05, 0) is 63.0 Å². The Bertz CT molecular complexity index is 1020. The summed E-state index contributed by atoms with van der Waals surface area (Å²) in [5, 5.41) is 9.27. The highest BCUT2D eigenvalue weighted by molar-refractivity contribution is 6.00. The van der Waals surface area contributed by atoms with E-state index in [9.17, 15) is 13.6 Å². The number of amides is 2. The molecule has 2 amide bonds. The molecule has 0 bridgehead atoms. The third-order valence-corrected chi connectivity index (χ3v) is 4.50. The van der Waals surface area contributed by atoms with Gasteiger partial charge >= 0.3 is 6.03 Å². The fourth-order valence-electron chi connectivity index (χ4n) is 3.02. The standard InChI is InChI=1S/C22H25F2N5O2/c1-28(2)11-4-12-31-20-10-9-17(13-18(20)21-19(24)14-25-29(21)3)27-22(30)26-16-7-5-15(23)6-8-16/h5-10,13-14H,4,11-12H2,1-3H3,(H2,26,27,30). The van der Waals surface area contributed by atoms with E-state index < -0.39 is 17.7 Å². The van der Waals surface area contributed by atoms with E-state index in [0.717, 1.165) is 19.2 Å². The van der Waals surface area contributed by atoms with E-state index in [-0.39, 0.29) is 5.69 Å². The Balaban J connectivity index is 1.79. The van der Waals surface area contributed by atoms with Gasteiger partial charge in [-0.25, -0.2) is 13.6 Å². The molecule has 7 nitrogen and oxygen atoms in total. The number of nitrogens with one attached hydrogen (secondary N) is 2. The molecule has 164 valence electrons. The molecular weight excluding hydrogens is 404 g/mol. The molecule has 0 saturated carbocycles. The average Bonchev–Trinajstić information content (AvgIpc) is 3.05. The zero-order valence-corrected chi connectivity index (χ0v) is 17.7. The number of ether oxygens (including phenoxy) is 1.